The zero-order chi connectivity index (χ0) is 11.8. The standard InChI is InChI=1S/C14H18N2O/c1-10(17)8-16-7-6-14-12(9-16)11-4-2-3-5-13(11)15-14/h2-5,10,15,17H,6-9H2,1H3. The summed E-state index contributed by atoms with van der Waals surface area (Å²) in [7, 11) is 0. The number of hydrogen-bond donors (Lipinski definition) is 2. The van der Waals surface area contributed by atoms with Crippen LogP contribution in [0.2, 0.25) is 0 Å². The van der Waals surface area contributed by atoms with E-state index in [1.54, 1.807) is 0 Å². The molecule has 1 aliphatic rings. The quantitative estimate of drug-likeness (QED) is 0.827. The van der Waals surface area contributed by atoms with Crippen LogP contribution < -0.4 is 0 Å². The van der Waals surface area contributed by atoms with Crippen LogP contribution in [0.5, 0.6) is 0 Å². The van der Waals surface area contributed by atoms with E-state index in [9.17, 15) is 5.11 Å². The van der Waals surface area contributed by atoms with Crippen molar-refractivity contribution < 1.29 is 5.11 Å². The van der Waals surface area contributed by atoms with Gasteiger partial charge in [0.1, 0.15) is 0 Å². The fourth-order valence-corrected chi connectivity index (χ4v) is 2.75. The molecular weight excluding hydrogens is 212 g/mol. The molecule has 3 rings (SSSR count). The summed E-state index contributed by atoms with van der Waals surface area (Å²) >= 11 is 0. The molecule has 2 N–H and O–H groups in total. The maximum Gasteiger partial charge on any atom is 0.0639 e. The molecule has 0 bridgehead atoms. The molecule has 0 saturated heterocycles. The number of aliphatic hydroxyl groups excluding tert-OH is 1. The van der Waals surface area contributed by atoms with Crippen LogP contribution in [-0.2, 0) is 13.0 Å². The Labute approximate surface area is 101 Å². The summed E-state index contributed by atoms with van der Waals surface area (Å²) < 4.78 is 0. The Kier molecular flexibility index (Phi) is 2.65. The lowest BCUT2D eigenvalue weighted by Crippen LogP contribution is -2.35. The van der Waals surface area contributed by atoms with Gasteiger partial charge in [-0.2, -0.15) is 0 Å². The van der Waals surface area contributed by atoms with Crippen molar-refractivity contribution in [1.29, 1.82) is 0 Å². The van der Waals surface area contributed by atoms with Crippen molar-refractivity contribution in [3.05, 3.63) is 35.5 Å². The predicted octanol–water partition coefficient (Wildman–Crippen LogP) is 1.91. The fraction of sp³-hybridized carbons (Fsp3) is 0.429. The van der Waals surface area contributed by atoms with Gasteiger partial charge in [-0.1, -0.05) is 18.2 Å². The van der Waals surface area contributed by atoms with Crippen molar-refractivity contribution in [2.24, 2.45) is 0 Å². The number of nitrogens with zero attached hydrogens (tertiary/aromatic N) is 1. The van der Waals surface area contributed by atoms with Crippen molar-refractivity contribution in [2.75, 3.05) is 13.1 Å². The van der Waals surface area contributed by atoms with E-state index >= 15 is 0 Å². The topological polar surface area (TPSA) is 39.3 Å². The molecule has 17 heavy (non-hydrogen) atoms. The largest absolute Gasteiger partial charge is 0.392 e. The van der Waals surface area contributed by atoms with Crippen molar-refractivity contribution in [2.45, 2.75) is 26.0 Å². The van der Waals surface area contributed by atoms with Crippen LogP contribution >= 0.6 is 0 Å². The zero-order valence-electron chi connectivity index (χ0n) is 10.1. The lowest BCUT2D eigenvalue weighted by molar-refractivity contribution is 0.119. The molecule has 0 saturated carbocycles. The lowest BCUT2D eigenvalue weighted by atomic mass is 10.0. The summed E-state index contributed by atoms with van der Waals surface area (Å²) in [4.78, 5) is 5.83. The van der Waals surface area contributed by atoms with E-state index in [0.29, 0.717) is 0 Å². The van der Waals surface area contributed by atoms with Crippen molar-refractivity contribution in [3.63, 3.8) is 0 Å². The number of para-hydroxylation sites is 1. The molecule has 3 nitrogen and oxygen atoms in total. The molecular formula is C14H18N2O. The van der Waals surface area contributed by atoms with Gasteiger partial charge in [0, 0.05) is 42.7 Å². The Morgan fingerprint density at radius 2 is 2.24 bits per heavy atom. The summed E-state index contributed by atoms with van der Waals surface area (Å²) in [5, 5.41) is 10.8. The Morgan fingerprint density at radius 1 is 1.41 bits per heavy atom. The highest BCUT2D eigenvalue weighted by Gasteiger charge is 2.20. The number of aromatic nitrogens is 1. The van der Waals surface area contributed by atoms with Crippen LogP contribution in [0, 0.1) is 0 Å². The van der Waals surface area contributed by atoms with Crippen LogP contribution in [-0.4, -0.2) is 34.2 Å². The normalized spacial score (nSPS) is 18.2. The average molecular weight is 230 g/mol. The van der Waals surface area contributed by atoms with Gasteiger partial charge in [0.05, 0.1) is 6.10 Å². The van der Waals surface area contributed by atoms with E-state index in [-0.39, 0.29) is 6.10 Å². The number of β-amino-alcohol motifs (C(OH)–C–C–N with tert-alkyl or cyclic N) is 1. The van der Waals surface area contributed by atoms with Crippen molar-refractivity contribution in [3.8, 4) is 0 Å². The van der Waals surface area contributed by atoms with Gasteiger partial charge in [0.25, 0.3) is 0 Å². The van der Waals surface area contributed by atoms with Gasteiger partial charge in [-0.25, -0.2) is 0 Å². The third-order valence-electron chi connectivity index (χ3n) is 3.48. The average Bonchev–Trinajstić information content (AvgIpc) is 2.66. The summed E-state index contributed by atoms with van der Waals surface area (Å²) in [6.07, 6.45) is 0.804. The van der Waals surface area contributed by atoms with Crippen LogP contribution in [0.15, 0.2) is 24.3 Å². The SMILES string of the molecule is CC(O)CN1CCc2[nH]c3ccccc3c2C1. The lowest BCUT2D eigenvalue weighted by Gasteiger charge is -2.27. The van der Waals surface area contributed by atoms with E-state index < -0.39 is 0 Å². The Bertz CT molecular complexity index is 530. The fourth-order valence-electron chi connectivity index (χ4n) is 2.75. The molecule has 1 unspecified atom stereocenters. The van der Waals surface area contributed by atoms with Gasteiger partial charge in [-0.15, -0.1) is 0 Å². The van der Waals surface area contributed by atoms with Crippen LogP contribution in [0.3, 0.4) is 0 Å². The first-order chi connectivity index (χ1) is 8.24. The minimum atomic E-state index is -0.248. The molecule has 2 aromatic rings. The van der Waals surface area contributed by atoms with Gasteiger partial charge in [-0.05, 0) is 18.6 Å². The van der Waals surface area contributed by atoms with Gasteiger partial charge >= 0.3 is 0 Å². The summed E-state index contributed by atoms with van der Waals surface area (Å²) in [6.45, 7) is 4.60. The van der Waals surface area contributed by atoms with Crippen LogP contribution in [0.25, 0.3) is 10.9 Å². The van der Waals surface area contributed by atoms with Gasteiger partial charge < -0.3 is 10.1 Å². The van der Waals surface area contributed by atoms with E-state index in [2.05, 4.69) is 34.1 Å². The molecule has 0 spiro atoms. The predicted molar refractivity (Wildman–Crippen MR) is 69.0 cm³/mol. The number of aromatic amines is 1. The molecule has 1 aromatic heterocycles. The first-order valence-electron chi connectivity index (χ1n) is 6.23. The zero-order valence-corrected chi connectivity index (χ0v) is 10.1. The number of nitrogens with one attached hydrogen (secondary N) is 1. The molecule has 0 aliphatic carbocycles. The molecule has 0 radical (unpaired) electrons. The van der Waals surface area contributed by atoms with Crippen LogP contribution in [0.4, 0.5) is 0 Å². The van der Waals surface area contributed by atoms with Crippen LogP contribution in [0.1, 0.15) is 18.2 Å². The highest BCUT2D eigenvalue weighted by molar-refractivity contribution is 5.84. The van der Waals surface area contributed by atoms with E-state index in [1.165, 1.54) is 22.2 Å². The van der Waals surface area contributed by atoms with Gasteiger partial charge in [0.15, 0.2) is 0 Å². The minimum absolute atomic E-state index is 0.248. The Balaban J connectivity index is 1.95. The molecule has 1 atom stereocenters. The highest BCUT2D eigenvalue weighted by Crippen LogP contribution is 2.27. The summed E-state index contributed by atoms with van der Waals surface area (Å²) in [5.41, 5.74) is 4.01. The second-order valence-corrected chi connectivity index (χ2v) is 4.96. The summed E-state index contributed by atoms with van der Waals surface area (Å²) in [6, 6.07) is 8.46. The number of hydrogen-bond acceptors (Lipinski definition) is 2. The molecule has 3 heteroatoms. The van der Waals surface area contributed by atoms with Gasteiger partial charge in [0.2, 0.25) is 0 Å². The first-order valence-corrected chi connectivity index (χ1v) is 6.23. The number of fused-ring (bicyclic) bond motifs is 3. The van der Waals surface area contributed by atoms with Gasteiger partial charge in [-0.3, -0.25) is 4.90 Å². The molecule has 1 aromatic carbocycles. The molecule has 0 fully saturated rings. The Hall–Kier alpha value is -1.32. The molecule has 2 heterocycles. The third kappa shape index (κ3) is 1.96. The maximum absolute atomic E-state index is 9.47. The molecule has 90 valence electrons. The third-order valence-corrected chi connectivity index (χ3v) is 3.48. The van der Waals surface area contributed by atoms with E-state index in [0.717, 1.165) is 26.1 Å². The number of aliphatic hydroxyl groups is 1. The smallest absolute Gasteiger partial charge is 0.0639 e. The highest BCUT2D eigenvalue weighted by atomic mass is 16.3. The van der Waals surface area contributed by atoms with E-state index in [1.807, 2.05) is 6.92 Å². The van der Waals surface area contributed by atoms with Crippen molar-refractivity contribution >= 4 is 10.9 Å². The first kappa shape index (κ1) is 10.8. The monoisotopic (exact) mass is 230 g/mol. The number of rotatable bonds is 2. The summed E-state index contributed by atoms with van der Waals surface area (Å²) in [5.74, 6) is 0. The number of benzene rings is 1. The second-order valence-electron chi connectivity index (χ2n) is 4.96. The molecule has 1 aliphatic heterocycles. The second kappa shape index (κ2) is 4.17. The minimum Gasteiger partial charge on any atom is -0.392 e. The molecule has 0 amide bonds. The van der Waals surface area contributed by atoms with E-state index in [4.69, 9.17) is 0 Å². The number of H-pyrrole nitrogens is 1. The van der Waals surface area contributed by atoms with Crippen molar-refractivity contribution in [1.82, 2.24) is 9.88 Å². The maximum atomic E-state index is 9.47. The Morgan fingerprint density at radius 3 is 3.06 bits per heavy atom.